The van der Waals surface area contributed by atoms with Crippen LogP contribution in [0.25, 0.3) is 11.1 Å². The Morgan fingerprint density at radius 1 is 1.00 bits per heavy atom. The van der Waals surface area contributed by atoms with E-state index in [0.29, 0.717) is 19.3 Å². The van der Waals surface area contributed by atoms with Crippen molar-refractivity contribution in [3.63, 3.8) is 0 Å². The molecule has 0 aliphatic carbocycles. The minimum absolute atomic E-state index is 0.0531. The molecule has 2 bridgehead atoms. The molecule has 1 atom stereocenters. The van der Waals surface area contributed by atoms with Gasteiger partial charge in [-0.25, -0.2) is 0 Å². The van der Waals surface area contributed by atoms with Gasteiger partial charge in [-0.1, -0.05) is 30.3 Å². The molecule has 3 saturated heterocycles. The van der Waals surface area contributed by atoms with E-state index in [1.807, 2.05) is 12.1 Å². The summed E-state index contributed by atoms with van der Waals surface area (Å²) in [5, 5.41) is 3.99. The standard InChI is InChI=1S/C25H34N2O2/c1-25(2,26-24-18-27-13-11-20(24)12-14-27)22-6-4-5-21(17-22)19-7-9-23(10-8-19)29-16-15-28-3/h4-10,17,20,24,26H,11-16,18H2,1-3H3. The number of hydrogen-bond acceptors (Lipinski definition) is 4. The zero-order valence-electron chi connectivity index (χ0n) is 18.0. The number of ether oxygens (including phenoxy) is 2. The smallest absolute Gasteiger partial charge is 0.119 e. The average molecular weight is 395 g/mol. The molecule has 0 amide bonds. The van der Waals surface area contributed by atoms with Crippen molar-refractivity contribution < 1.29 is 9.47 Å². The predicted octanol–water partition coefficient (Wildman–Crippen LogP) is 4.30. The summed E-state index contributed by atoms with van der Waals surface area (Å²) < 4.78 is 10.7. The molecule has 3 aliphatic heterocycles. The number of rotatable bonds is 8. The lowest BCUT2D eigenvalue weighted by Gasteiger charge is -2.48. The third-order valence-electron chi connectivity index (χ3n) is 6.53. The van der Waals surface area contributed by atoms with E-state index in [9.17, 15) is 0 Å². The number of fused-ring (bicyclic) bond motifs is 3. The molecule has 5 rings (SSSR count). The van der Waals surface area contributed by atoms with Crippen molar-refractivity contribution in [2.24, 2.45) is 5.92 Å². The molecule has 1 unspecified atom stereocenters. The zero-order valence-corrected chi connectivity index (χ0v) is 18.0. The van der Waals surface area contributed by atoms with Crippen LogP contribution in [0.5, 0.6) is 5.75 Å². The van der Waals surface area contributed by atoms with Crippen LogP contribution >= 0.6 is 0 Å². The van der Waals surface area contributed by atoms with Crippen molar-refractivity contribution in [3.8, 4) is 16.9 Å². The van der Waals surface area contributed by atoms with Gasteiger partial charge in [0.05, 0.1) is 6.61 Å². The van der Waals surface area contributed by atoms with Crippen molar-refractivity contribution in [2.75, 3.05) is 40.0 Å². The largest absolute Gasteiger partial charge is 0.491 e. The normalized spacial score (nSPS) is 23.9. The summed E-state index contributed by atoms with van der Waals surface area (Å²) in [5.41, 5.74) is 3.74. The number of nitrogens with zero attached hydrogens (tertiary/aromatic N) is 1. The summed E-state index contributed by atoms with van der Waals surface area (Å²) in [6, 6.07) is 17.9. The first kappa shape index (κ1) is 20.4. The van der Waals surface area contributed by atoms with Gasteiger partial charge in [-0.2, -0.15) is 0 Å². The van der Waals surface area contributed by atoms with Crippen LogP contribution in [0.2, 0.25) is 0 Å². The van der Waals surface area contributed by atoms with Crippen LogP contribution in [-0.4, -0.2) is 50.9 Å². The van der Waals surface area contributed by atoms with Gasteiger partial charge in [0.15, 0.2) is 0 Å². The molecule has 3 aliphatic rings. The highest BCUT2D eigenvalue weighted by Gasteiger charge is 2.37. The summed E-state index contributed by atoms with van der Waals surface area (Å²) in [4.78, 5) is 2.61. The van der Waals surface area contributed by atoms with E-state index < -0.39 is 0 Å². The average Bonchev–Trinajstić information content (AvgIpc) is 2.75. The maximum atomic E-state index is 5.69. The summed E-state index contributed by atoms with van der Waals surface area (Å²) >= 11 is 0. The van der Waals surface area contributed by atoms with Crippen molar-refractivity contribution in [3.05, 3.63) is 54.1 Å². The quantitative estimate of drug-likeness (QED) is 0.677. The van der Waals surface area contributed by atoms with Gasteiger partial charge in [0.2, 0.25) is 0 Å². The van der Waals surface area contributed by atoms with Gasteiger partial charge in [0.1, 0.15) is 12.4 Å². The molecule has 2 aromatic rings. The second-order valence-electron chi connectivity index (χ2n) is 8.96. The van der Waals surface area contributed by atoms with Crippen molar-refractivity contribution >= 4 is 0 Å². The highest BCUT2D eigenvalue weighted by atomic mass is 16.5. The van der Waals surface area contributed by atoms with Crippen LogP contribution in [0.4, 0.5) is 0 Å². The molecule has 156 valence electrons. The SMILES string of the molecule is COCCOc1ccc(-c2cccc(C(C)(C)NC3CN4CCC3CC4)c2)cc1. The first-order valence-electron chi connectivity index (χ1n) is 10.9. The van der Waals surface area contributed by atoms with Gasteiger partial charge in [0, 0.05) is 25.2 Å². The second-order valence-corrected chi connectivity index (χ2v) is 8.96. The maximum absolute atomic E-state index is 5.69. The number of nitrogens with one attached hydrogen (secondary N) is 1. The molecule has 29 heavy (non-hydrogen) atoms. The van der Waals surface area contributed by atoms with Gasteiger partial charge in [-0.05, 0) is 80.6 Å². The zero-order chi connectivity index (χ0) is 20.3. The van der Waals surface area contributed by atoms with Gasteiger partial charge in [-0.15, -0.1) is 0 Å². The van der Waals surface area contributed by atoms with Crippen LogP contribution in [-0.2, 0) is 10.3 Å². The summed E-state index contributed by atoms with van der Waals surface area (Å²) in [5.74, 6) is 1.71. The summed E-state index contributed by atoms with van der Waals surface area (Å²) in [6.07, 6.45) is 2.68. The van der Waals surface area contributed by atoms with Crippen LogP contribution in [0.3, 0.4) is 0 Å². The highest BCUT2D eigenvalue weighted by Crippen LogP contribution is 2.32. The molecule has 3 heterocycles. The highest BCUT2D eigenvalue weighted by molar-refractivity contribution is 5.65. The molecule has 4 nitrogen and oxygen atoms in total. The lowest BCUT2D eigenvalue weighted by Crippen LogP contribution is -2.59. The van der Waals surface area contributed by atoms with E-state index in [-0.39, 0.29) is 5.54 Å². The topological polar surface area (TPSA) is 33.7 Å². The number of piperidine rings is 3. The van der Waals surface area contributed by atoms with Crippen molar-refractivity contribution in [2.45, 2.75) is 38.3 Å². The third kappa shape index (κ3) is 4.82. The second kappa shape index (κ2) is 8.86. The number of hydrogen-bond donors (Lipinski definition) is 1. The van der Waals surface area contributed by atoms with Crippen LogP contribution < -0.4 is 10.1 Å². The van der Waals surface area contributed by atoms with Crippen LogP contribution in [0.1, 0.15) is 32.3 Å². The Labute approximate surface area is 175 Å². The molecule has 2 aromatic carbocycles. The fourth-order valence-corrected chi connectivity index (χ4v) is 4.75. The van der Waals surface area contributed by atoms with E-state index in [1.54, 1.807) is 7.11 Å². The molecule has 3 fully saturated rings. The molecule has 0 spiro atoms. The first-order chi connectivity index (χ1) is 14.0. The fourth-order valence-electron chi connectivity index (χ4n) is 4.75. The summed E-state index contributed by atoms with van der Waals surface area (Å²) in [6.45, 7) is 9.56. The first-order valence-corrected chi connectivity index (χ1v) is 10.9. The molecular weight excluding hydrogens is 360 g/mol. The van der Waals surface area contributed by atoms with Gasteiger partial charge >= 0.3 is 0 Å². The Bertz CT molecular complexity index is 795. The van der Waals surface area contributed by atoms with E-state index in [1.165, 1.54) is 49.2 Å². The monoisotopic (exact) mass is 394 g/mol. The Kier molecular flexibility index (Phi) is 6.23. The van der Waals surface area contributed by atoms with Crippen LogP contribution in [0.15, 0.2) is 48.5 Å². The maximum Gasteiger partial charge on any atom is 0.119 e. The Hall–Kier alpha value is -1.88. The molecule has 0 saturated carbocycles. The Balaban J connectivity index is 1.46. The third-order valence-corrected chi connectivity index (χ3v) is 6.53. The molecule has 1 N–H and O–H groups in total. The van der Waals surface area contributed by atoms with Crippen LogP contribution in [0, 0.1) is 5.92 Å². The summed E-state index contributed by atoms with van der Waals surface area (Å²) in [7, 11) is 1.69. The minimum atomic E-state index is -0.0531. The predicted molar refractivity (Wildman–Crippen MR) is 118 cm³/mol. The van der Waals surface area contributed by atoms with E-state index in [4.69, 9.17) is 9.47 Å². The fraction of sp³-hybridized carbons (Fsp3) is 0.520. The van der Waals surface area contributed by atoms with Gasteiger partial charge in [-0.3, -0.25) is 0 Å². The lowest BCUT2D eigenvalue weighted by molar-refractivity contribution is 0.0584. The van der Waals surface area contributed by atoms with E-state index in [0.717, 1.165) is 11.7 Å². The van der Waals surface area contributed by atoms with Gasteiger partial charge < -0.3 is 19.7 Å². The molecule has 4 heteroatoms. The van der Waals surface area contributed by atoms with E-state index in [2.05, 4.69) is 60.5 Å². The molecular formula is C25H34N2O2. The Morgan fingerprint density at radius 3 is 2.41 bits per heavy atom. The molecule has 0 aromatic heterocycles. The molecule has 0 radical (unpaired) electrons. The Morgan fingerprint density at radius 2 is 1.76 bits per heavy atom. The minimum Gasteiger partial charge on any atom is -0.491 e. The van der Waals surface area contributed by atoms with Crippen molar-refractivity contribution in [1.82, 2.24) is 10.2 Å². The number of benzene rings is 2. The van der Waals surface area contributed by atoms with Crippen molar-refractivity contribution in [1.29, 1.82) is 0 Å². The number of methoxy groups -OCH3 is 1. The van der Waals surface area contributed by atoms with E-state index >= 15 is 0 Å². The van der Waals surface area contributed by atoms with Gasteiger partial charge in [0.25, 0.3) is 0 Å². The lowest BCUT2D eigenvalue weighted by atomic mass is 9.81.